The van der Waals surface area contributed by atoms with Crippen LogP contribution < -0.4 is 0 Å². The predicted molar refractivity (Wildman–Crippen MR) is 113 cm³/mol. The zero-order chi connectivity index (χ0) is 21.9. The van der Waals surface area contributed by atoms with Crippen LogP contribution in [0.2, 0.25) is 0 Å². The number of likely N-dealkylation sites (tertiary alicyclic amines) is 1. The number of piperidine rings is 1. The molecule has 2 heterocycles. The summed E-state index contributed by atoms with van der Waals surface area (Å²) in [6, 6.07) is 8.73. The number of imide groups is 1. The van der Waals surface area contributed by atoms with Gasteiger partial charge in [0.05, 0.1) is 0 Å². The van der Waals surface area contributed by atoms with Crippen LogP contribution in [0.15, 0.2) is 30.3 Å². The number of ketones is 1. The van der Waals surface area contributed by atoms with Gasteiger partial charge in [0.15, 0.2) is 0 Å². The van der Waals surface area contributed by atoms with Crippen molar-refractivity contribution in [3.8, 4) is 0 Å². The van der Waals surface area contributed by atoms with Crippen LogP contribution in [0.5, 0.6) is 0 Å². The fraction of sp³-hybridized carbons (Fsp3) is 0.583. The van der Waals surface area contributed by atoms with Gasteiger partial charge in [-0.15, -0.1) is 0 Å². The molecule has 30 heavy (non-hydrogen) atoms. The van der Waals surface area contributed by atoms with E-state index < -0.39 is 29.2 Å². The molecule has 2 unspecified atom stereocenters. The molecule has 0 spiro atoms. The largest absolute Gasteiger partial charge is 0.312 e. The molecule has 2 fully saturated rings. The molecule has 0 radical (unpaired) electrons. The zero-order valence-corrected chi connectivity index (χ0v) is 18.2. The van der Waals surface area contributed by atoms with Crippen LogP contribution in [0.1, 0.15) is 64.9 Å². The quantitative estimate of drug-likeness (QED) is 0.373. The molecule has 6 heteroatoms. The first-order valence-corrected chi connectivity index (χ1v) is 11.0. The smallest absolute Gasteiger partial charge is 0.291 e. The van der Waals surface area contributed by atoms with Crippen molar-refractivity contribution < 1.29 is 19.2 Å². The van der Waals surface area contributed by atoms with Gasteiger partial charge in [-0.2, -0.15) is 0 Å². The molecule has 0 aromatic heterocycles. The van der Waals surface area contributed by atoms with Gasteiger partial charge in [0.25, 0.3) is 17.7 Å². The molecule has 162 valence electrons. The van der Waals surface area contributed by atoms with E-state index in [-0.39, 0.29) is 11.8 Å². The number of benzene rings is 1. The summed E-state index contributed by atoms with van der Waals surface area (Å²) in [5, 5.41) is 0. The molecule has 2 atom stereocenters. The van der Waals surface area contributed by atoms with Crippen LogP contribution in [0, 0.1) is 5.41 Å². The molecule has 6 nitrogen and oxygen atoms in total. The van der Waals surface area contributed by atoms with Crippen molar-refractivity contribution in [3.63, 3.8) is 0 Å². The van der Waals surface area contributed by atoms with Gasteiger partial charge in [0, 0.05) is 12.0 Å². The highest BCUT2D eigenvalue weighted by Crippen LogP contribution is 2.33. The van der Waals surface area contributed by atoms with E-state index in [1.54, 1.807) is 13.8 Å². The second kappa shape index (κ2) is 9.11. The van der Waals surface area contributed by atoms with Crippen LogP contribution in [-0.2, 0) is 25.6 Å². The minimum absolute atomic E-state index is 0.328. The van der Waals surface area contributed by atoms with Crippen LogP contribution in [0.25, 0.3) is 0 Å². The first kappa shape index (κ1) is 22.2. The van der Waals surface area contributed by atoms with Gasteiger partial charge in [-0.05, 0) is 50.5 Å². The van der Waals surface area contributed by atoms with E-state index in [1.807, 2.05) is 25.1 Å². The molecule has 2 saturated heterocycles. The average Bonchev–Trinajstić information content (AvgIpc) is 2.76. The Labute approximate surface area is 178 Å². The monoisotopic (exact) mass is 412 g/mol. The highest BCUT2D eigenvalue weighted by molar-refractivity contribution is 6.39. The fourth-order valence-electron chi connectivity index (χ4n) is 4.27. The van der Waals surface area contributed by atoms with Crippen LogP contribution in [0.3, 0.4) is 0 Å². The third kappa shape index (κ3) is 4.32. The van der Waals surface area contributed by atoms with Gasteiger partial charge < -0.3 is 4.90 Å². The van der Waals surface area contributed by atoms with Crippen LogP contribution in [0.4, 0.5) is 0 Å². The minimum Gasteiger partial charge on any atom is -0.312 e. The Kier molecular flexibility index (Phi) is 6.74. The molecule has 2 aliphatic heterocycles. The van der Waals surface area contributed by atoms with Crippen molar-refractivity contribution in [1.29, 1.82) is 0 Å². The van der Waals surface area contributed by atoms with Crippen molar-refractivity contribution in [2.45, 2.75) is 77.8 Å². The Morgan fingerprint density at radius 2 is 1.60 bits per heavy atom. The summed E-state index contributed by atoms with van der Waals surface area (Å²) in [5.41, 5.74) is 0.436. The molecule has 0 aliphatic carbocycles. The Balaban J connectivity index is 1.67. The molecule has 2 bridgehead atoms. The average molecular weight is 413 g/mol. The molecular formula is C24H32N2O4. The van der Waals surface area contributed by atoms with E-state index in [0.717, 1.165) is 19.3 Å². The lowest BCUT2D eigenvalue weighted by atomic mass is 9.82. The molecule has 0 N–H and O–H groups in total. The highest BCUT2D eigenvalue weighted by atomic mass is 16.2. The third-order valence-electron chi connectivity index (χ3n) is 6.60. The minimum atomic E-state index is -0.800. The van der Waals surface area contributed by atoms with Crippen LogP contribution >= 0.6 is 0 Å². The number of hydrogen-bond acceptors (Lipinski definition) is 4. The first-order valence-electron chi connectivity index (χ1n) is 11.0. The maximum atomic E-state index is 13.1. The number of unbranched alkanes of at least 4 members (excludes halogenated alkanes) is 1. The second-order valence-electron chi connectivity index (χ2n) is 9.01. The van der Waals surface area contributed by atoms with Crippen molar-refractivity contribution in [3.05, 3.63) is 35.9 Å². The lowest BCUT2D eigenvalue weighted by Gasteiger charge is -2.47. The van der Waals surface area contributed by atoms with Gasteiger partial charge in [0.2, 0.25) is 5.78 Å². The summed E-state index contributed by atoms with van der Waals surface area (Å²) in [6.07, 6.45) is 4.75. The van der Waals surface area contributed by atoms with Gasteiger partial charge in [0.1, 0.15) is 12.1 Å². The Morgan fingerprint density at radius 3 is 2.17 bits per heavy atom. The van der Waals surface area contributed by atoms with E-state index in [4.69, 9.17) is 0 Å². The molecular weight excluding hydrogens is 380 g/mol. The lowest BCUT2D eigenvalue weighted by molar-refractivity contribution is -0.172. The second-order valence-corrected chi connectivity index (χ2v) is 9.01. The Hall–Kier alpha value is -2.50. The van der Waals surface area contributed by atoms with Crippen molar-refractivity contribution in [1.82, 2.24) is 9.80 Å². The maximum Gasteiger partial charge on any atom is 0.291 e. The number of carbonyl (C=O) groups excluding carboxylic acids is 4. The number of rotatable bonds is 8. The van der Waals surface area contributed by atoms with Gasteiger partial charge in [-0.1, -0.05) is 51.1 Å². The highest BCUT2D eigenvalue weighted by Gasteiger charge is 2.52. The fourth-order valence-corrected chi connectivity index (χ4v) is 4.27. The van der Waals surface area contributed by atoms with Crippen molar-refractivity contribution in [2.24, 2.45) is 5.41 Å². The number of nitrogens with zero attached hydrogens (tertiary/aromatic N) is 2. The maximum absolute atomic E-state index is 13.1. The number of fused-ring (bicyclic) bond motifs is 2. The lowest BCUT2D eigenvalue weighted by Crippen LogP contribution is -2.69. The van der Waals surface area contributed by atoms with E-state index in [1.165, 1.54) is 15.4 Å². The van der Waals surface area contributed by atoms with E-state index in [9.17, 15) is 19.2 Å². The Morgan fingerprint density at radius 1 is 1.00 bits per heavy atom. The van der Waals surface area contributed by atoms with E-state index in [0.29, 0.717) is 32.2 Å². The molecule has 2 aliphatic rings. The molecule has 0 saturated carbocycles. The Bertz CT molecular complexity index is 794. The van der Waals surface area contributed by atoms with Gasteiger partial charge in [-0.25, -0.2) is 0 Å². The number of hydrogen-bond donors (Lipinski definition) is 0. The summed E-state index contributed by atoms with van der Waals surface area (Å²) in [4.78, 5) is 54.5. The number of carbonyl (C=O) groups is 4. The summed E-state index contributed by atoms with van der Waals surface area (Å²) >= 11 is 0. The van der Waals surface area contributed by atoms with Crippen molar-refractivity contribution >= 4 is 23.5 Å². The number of aryl methyl sites for hydroxylation is 1. The van der Waals surface area contributed by atoms with E-state index in [2.05, 4.69) is 12.1 Å². The predicted octanol–water partition coefficient (Wildman–Crippen LogP) is 3.13. The topological polar surface area (TPSA) is 74.8 Å². The molecule has 3 rings (SSSR count). The van der Waals surface area contributed by atoms with E-state index >= 15 is 0 Å². The zero-order valence-electron chi connectivity index (χ0n) is 18.2. The normalized spacial score (nSPS) is 21.7. The van der Waals surface area contributed by atoms with Crippen LogP contribution in [-0.4, -0.2) is 51.9 Å². The number of piperazine rings is 1. The SMILES string of the molecule is CCC(C)(C)C(=O)C(=O)N1C2CCCC1C(=O)N(CCCCc1ccccc1)C2=O. The molecule has 1 aromatic rings. The summed E-state index contributed by atoms with van der Waals surface area (Å²) < 4.78 is 0. The summed E-state index contributed by atoms with van der Waals surface area (Å²) in [5.74, 6) is -1.85. The summed E-state index contributed by atoms with van der Waals surface area (Å²) in [6.45, 7) is 5.69. The molecule has 3 amide bonds. The van der Waals surface area contributed by atoms with Gasteiger partial charge >= 0.3 is 0 Å². The first-order chi connectivity index (χ1) is 14.3. The number of amides is 3. The number of Topliss-reactive ketones (excluding diaryl/α,β-unsaturated/α-hetero) is 1. The van der Waals surface area contributed by atoms with Gasteiger partial charge in [-0.3, -0.25) is 24.1 Å². The molecule has 1 aromatic carbocycles. The van der Waals surface area contributed by atoms with Crippen molar-refractivity contribution in [2.75, 3.05) is 6.54 Å². The summed E-state index contributed by atoms with van der Waals surface area (Å²) in [7, 11) is 0. The standard InChI is InChI=1S/C24H32N2O4/c1-4-24(2,3)20(27)23(30)26-18-14-10-15-19(26)22(29)25(21(18)28)16-9-8-13-17-11-6-5-7-12-17/h5-7,11-12,18-19H,4,8-10,13-16H2,1-3H3. The third-order valence-corrected chi connectivity index (χ3v) is 6.60.